The number of thiophene rings is 1. The third-order valence-corrected chi connectivity index (χ3v) is 5.56. The molecule has 0 aliphatic carbocycles. The summed E-state index contributed by atoms with van der Waals surface area (Å²) in [7, 11) is 0. The Kier molecular flexibility index (Phi) is 5.05. The second-order valence-corrected chi connectivity index (χ2v) is 7.73. The first-order valence-electron chi connectivity index (χ1n) is 8.46. The third kappa shape index (κ3) is 3.60. The summed E-state index contributed by atoms with van der Waals surface area (Å²) in [5.41, 5.74) is 4.84. The molecule has 3 rings (SSSR count). The summed E-state index contributed by atoms with van der Waals surface area (Å²) in [5.74, 6) is -0.265. The van der Waals surface area contributed by atoms with Gasteiger partial charge in [0.2, 0.25) is 0 Å². The number of aryl methyl sites for hydroxylation is 3. The van der Waals surface area contributed by atoms with Crippen molar-refractivity contribution in [2.45, 2.75) is 27.7 Å². The van der Waals surface area contributed by atoms with Gasteiger partial charge in [0, 0.05) is 16.0 Å². The van der Waals surface area contributed by atoms with E-state index in [1.165, 1.54) is 11.3 Å². The Labute approximate surface area is 157 Å². The molecule has 0 aliphatic heterocycles. The number of nitrogens with one attached hydrogen (secondary N) is 1. The second kappa shape index (κ2) is 7.26. The highest BCUT2D eigenvalue weighted by Gasteiger charge is 2.22. The van der Waals surface area contributed by atoms with Crippen molar-refractivity contribution in [3.63, 3.8) is 0 Å². The number of hydrogen-bond acceptors (Lipinski definition) is 3. The molecule has 0 aliphatic rings. The second-order valence-electron chi connectivity index (χ2n) is 6.51. The summed E-state index contributed by atoms with van der Waals surface area (Å²) in [6.07, 6.45) is 0. The zero-order valence-corrected chi connectivity index (χ0v) is 16.2. The minimum Gasteiger partial charge on any atom is -0.313 e. The Morgan fingerprint density at radius 1 is 0.846 bits per heavy atom. The molecule has 0 bridgehead atoms. The van der Waals surface area contributed by atoms with Gasteiger partial charge in [-0.15, -0.1) is 11.3 Å². The van der Waals surface area contributed by atoms with Crippen LogP contribution in [0.3, 0.4) is 0 Å². The van der Waals surface area contributed by atoms with Gasteiger partial charge in [0.15, 0.2) is 5.78 Å². The van der Waals surface area contributed by atoms with E-state index in [0.717, 1.165) is 21.6 Å². The van der Waals surface area contributed by atoms with Gasteiger partial charge in [-0.05, 0) is 45.4 Å². The SMILES string of the molecule is Cc1ccc(C(=O)c2c(NC(=O)c3cccc(C)c3)sc(C)c2C)cc1. The van der Waals surface area contributed by atoms with Gasteiger partial charge in [-0.25, -0.2) is 0 Å². The van der Waals surface area contributed by atoms with Crippen molar-refractivity contribution >= 4 is 28.0 Å². The highest BCUT2D eigenvalue weighted by Crippen LogP contribution is 2.34. The van der Waals surface area contributed by atoms with Crippen molar-refractivity contribution in [3.8, 4) is 0 Å². The van der Waals surface area contributed by atoms with Crippen LogP contribution in [0.2, 0.25) is 0 Å². The lowest BCUT2D eigenvalue weighted by Crippen LogP contribution is -2.14. The first kappa shape index (κ1) is 18.1. The summed E-state index contributed by atoms with van der Waals surface area (Å²) in [4.78, 5) is 26.7. The summed E-state index contributed by atoms with van der Waals surface area (Å²) in [5, 5.41) is 3.54. The molecule has 4 heteroatoms. The minimum atomic E-state index is -0.201. The van der Waals surface area contributed by atoms with Crippen molar-refractivity contribution in [2.75, 3.05) is 5.32 Å². The zero-order valence-electron chi connectivity index (χ0n) is 15.3. The van der Waals surface area contributed by atoms with Crippen molar-refractivity contribution in [3.05, 3.63) is 86.8 Å². The van der Waals surface area contributed by atoms with Crippen LogP contribution in [0.5, 0.6) is 0 Å². The molecule has 0 atom stereocenters. The minimum absolute atomic E-state index is 0.0635. The Morgan fingerprint density at radius 3 is 2.19 bits per heavy atom. The van der Waals surface area contributed by atoms with Crippen molar-refractivity contribution < 1.29 is 9.59 Å². The standard InChI is InChI=1S/C22H21NO2S/c1-13-8-10-17(11-9-13)20(24)19-15(3)16(4)26-22(19)23-21(25)18-7-5-6-14(2)12-18/h5-12H,1-4H3,(H,23,25). The van der Waals surface area contributed by atoms with E-state index >= 15 is 0 Å². The molecule has 2 aromatic carbocycles. The van der Waals surface area contributed by atoms with Crippen LogP contribution >= 0.6 is 11.3 Å². The molecule has 0 fully saturated rings. The van der Waals surface area contributed by atoms with Crippen molar-refractivity contribution in [2.24, 2.45) is 0 Å². The van der Waals surface area contributed by atoms with Gasteiger partial charge >= 0.3 is 0 Å². The number of ketones is 1. The molecule has 0 unspecified atom stereocenters. The number of benzene rings is 2. The number of rotatable bonds is 4. The number of anilines is 1. The fourth-order valence-electron chi connectivity index (χ4n) is 2.80. The van der Waals surface area contributed by atoms with Crippen molar-refractivity contribution in [1.82, 2.24) is 0 Å². The maximum Gasteiger partial charge on any atom is 0.256 e. The fraction of sp³-hybridized carbons (Fsp3) is 0.182. The van der Waals surface area contributed by atoms with E-state index < -0.39 is 0 Å². The largest absolute Gasteiger partial charge is 0.313 e. The molecule has 3 nitrogen and oxygen atoms in total. The topological polar surface area (TPSA) is 46.2 Å². The summed E-state index contributed by atoms with van der Waals surface area (Å²) >= 11 is 1.44. The smallest absolute Gasteiger partial charge is 0.256 e. The highest BCUT2D eigenvalue weighted by atomic mass is 32.1. The number of carbonyl (C=O) groups excluding carboxylic acids is 2. The van der Waals surface area contributed by atoms with Crippen LogP contribution in [0, 0.1) is 27.7 Å². The third-order valence-electron chi connectivity index (χ3n) is 4.43. The molecule has 1 N–H and O–H groups in total. The maximum absolute atomic E-state index is 13.0. The molecule has 0 spiro atoms. The van der Waals surface area contributed by atoms with Gasteiger partial charge < -0.3 is 5.32 Å². The Balaban J connectivity index is 1.96. The molecule has 0 saturated heterocycles. The van der Waals surface area contributed by atoms with E-state index in [4.69, 9.17) is 0 Å². The molecule has 1 amide bonds. The van der Waals surface area contributed by atoms with Crippen LogP contribution in [-0.4, -0.2) is 11.7 Å². The van der Waals surface area contributed by atoms with Crippen LogP contribution in [-0.2, 0) is 0 Å². The monoisotopic (exact) mass is 363 g/mol. The number of hydrogen-bond donors (Lipinski definition) is 1. The first-order chi connectivity index (χ1) is 12.4. The van der Waals surface area contributed by atoms with Crippen LogP contribution in [0.15, 0.2) is 48.5 Å². The predicted molar refractivity (Wildman–Crippen MR) is 108 cm³/mol. The molecule has 26 heavy (non-hydrogen) atoms. The molecule has 1 aromatic heterocycles. The lowest BCUT2D eigenvalue weighted by molar-refractivity contribution is 0.102. The Bertz CT molecular complexity index is 984. The van der Waals surface area contributed by atoms with Crippen LogP contribution < -0.4 is 5.32 Å². The lowest BCUT2D eigenvalue weighted by atomic mass is 10.00. The number of carbonyl (C=O) groups is 2. The van der Waals surface area contributed by atoms with Gasteiger partial charge in [0.1, 0.15) is 5.00 Å². The quantitative estimate of drug-likeness (QED) is 0.625. The Hall–Kier alpha value is -2.72. The van der Waals surface area contributed by atoms with E-state index in [0.29, 0.717) is 21.7 Å². The van der Waals surface area contributed by atoms with Gasteiger partial charge in [0.25, 0.3) is 5.91 Å². The zero-order chi connectivity index (χ0) is 18.8. The van der Waals surface area contributed by atoms with Crippen molar-refractivity contribution in [1.29, 1.82) is 0 Å². The molecule has 0 radical (unpaired) electrons. The molecule has 0 saturated carbocycles. The van der Waals surface area contributed by atoms with E-state index in [-0.39, 0.29) is 11.7 Å². The van der Waals surface area contributed by atoms with E-state index in [2.05, 4.69) is 5.32 Å². The summed E-state index contributed by atoms with van der Waals surface area (Å²) in [6.45, 7) is 7.83. The summed E-state index contributed by atoms with van der Waals surface area (Å²) in [6, 6.07) is 14.9. The lowest BCUT2D eigenvalue weighted by Gasteiger charge is -2.08. The van der Waals surface area contributed by atoms with Crippen LogP contribution in [0.25, 0.3) is 0 Å². The Morgan fingerprint density at radius 2 is 1.54 bits per heavy atom. The molecular weight excluding hydrogens is 342 g/mol. The predicted octanol–water partition coefficient (Wildman–Crippen LogP) is 5.47. The van der Waals surface area contributed by atoms with E-state index in [9.17, 15) is 9.59 Å². The number of amides is 1. The molecular formula is C22H21NO2S. The van der Waals surface area contributed by atoms with Gasteiger partial charge in [0.05, 0.1) is 5.56 Å². The summed E-state index contributed by atoms with van der Waals surface area (Å²) < 4.78 is 0. The average molecular weight is 363 g/mol. The van der Waals surface area contributed by atoms with E-state index in [1.54, 1.807) is 6.07 Å². The van der Waals surface area contributed by atoms with E-state index in [1.807, 2.05) is 70.2 Å². The average Bonchev–Trinajstić information content (AvgIpc) is 2.89. The highest BCUT2D eigenvalue weighted by molar-refractivity contribution is 7.17. The fourth-order valence-corrected chi connectivity index (χ4v) is 3.85. The van der Waals surface area contributed by atoms with Gasteiger partial charge in [-0.1, -0.05) is 47.5 Å². The van der Waals surface area contributed by atoms with Crippen LogP contribution in [0.1, 0.15) is 47.8 Å². The van der Waals surface area contributed by atoms with Gasteiger partial charge in [-0.2, -0.15) is 0 Å². The normalized spacial score (nSPS) is 10.6. The van der Waals surface area contributed by atoms with Crippen LogP contribution in [0.4, 0.5) is 5.00 Å². The molecule has 1 heterocycles. The first-order valence-corrected chi connectivity index (χ1v) is 9.28. The molecule has 3 aromatic rings. The maximum atomic E-state index is 13.0. The van der Waals surface area contributed by atoms with Gasteiger partial charge in [-0.3, -0.25) is 9.59 Å². The molecule has 132 valence electrons.